The third kappa shape index (κ3) is 6.82. The Morgan fingerprint density at radius 1 is 1.24 bits per heavy atom. The maximum atomic E-state index is 11.9. The standard InChI is InChI=1S/C30H44N4O3/c1-20(35)32-24(15-21-11-8-7-9-12-21)26(36)19-31-25-18-30(13-10-14-30)37-27-23(25)16-22(17-29(2,3)4)33-28(27)34(5)6/h7-9,11-12,16,24-26,31,36H,10,13-15,17-19H2,1-6H3,(H,32,35)/t24-,25-,26+/m0/s1. The molecule has 7 nitrogen and oxygen atoms in total. The Kier molecular flexibility index (Phi) is 8.14. The van der Waals surface area contributed by atoms with Crippen molar-refractivity contribution in [3.8, 4) is 5.75 Å². The molecule has 1 aliphatic heterocycles. The number of carbonyl (C=O) groups is 1. The van der Waals surface area contributed by atoms with Crippen LogP contribution in [0.1, 0.15) is 76.2 Å². The average molecular weight is 509 g/mol. The number of nitrogens with one attached hydrogen (secondary N) is 2. The fraction of sp³-hybridized carbons (Fsp3) is 0.600. The average Bonchev–Trinajstić information content (AvgIpc) is 2.79. The van der Waals surface area contributed by atoms with Crippen molar-refractivity contribution in [2.75, 3.05) is 25.5 Å². The molecule has 1 aliphatic carbocycles. The minimum atomic E-state index is -0.739. The minimum absolute atomic E-state index is 0.0359. The van der Waals surface area contributed by atoms with Crippen LogP contribution in [-0.4, -0.2) is 54.4 Å². The zero-order valence-corrected chi connectivity index (χ0v) is 23.3. The number of amides is 1. The van der Waals surface area contributed by atoms with Crippen molar-refractivity contribution in [3.63, 3.8) is 0 Å². The van der Waals surface area contributed by atoms with E-state index >= 15 is 0 Å². The lowest BCUT2D eigenvalue weighted by atomic mass is 9.72. The molecular formula is C30H44N4O3. The second kappa shape index (κ2) is 11.0. The number of benzene rings is 1. The Labute approximate surface area is 222 Å². The van der Waals surface area contributed by atoms with Gasteiger partial charge in [-0.3, -0.25) is 4.79 Å². The van der Waals surface area contributed by atoms with Crippen LogP contribution < -0.4 is 20.3 Å². The molecule has 0 unspecified atom stereocenters. The van der Waals surface area contributed by atoms with Crippen LogP contribution in [0.3, 0.4) is 0 Å². The second-order valence-electron chi connectivity index (χ2n) is 12.4. The van der Waals surface area contributed by atoms with Crippen molar-refractivity contribution in [3.05, 3.63) is 53.2 Å². The maximum Gasteiger partial charge on any atom is 0.217 e. The number of hydrogen-bond donors (Lipinski definition) is 3. The highest BCUT2D eigenvalue weighted by atomic mass is 16.5. The lowest BCUT2D eigenvalue weighted by Gasteiger charge is -2.49. The van der Waals surface area contributed by atoms with Crippen molar-refractivity contribution in [2.24, 2.45) is 5.41 Å². The lowest BCUT2D eigenvalue weighted by Crippen LogP contribution is -2.52. The van der Waals surface area contributed by atoms with Gasteiger partial charge in [-0.1, -0.05) is 51.1 Å². The Morgan fingerprint density at radius 3 is 2.51 bits per heavy atom. The molecule has 3 N–H and O–H groups in total. The molecule has 2 aliphatic rings. The predicted molar refractivity (Wildman–Crippen MR) is 148 cm³/mol. The SMILES string of the molecule is CC(=O)N[C@@H](Cc1ccccc1)[C@H](O)CN[C@H]1CC2(CCC2)Oc2c1cc(CC(C)(C)C)nc2N(C)C. The van der Waals surface area contributed by atoms with E-state index in [0.717, 1.165) is 54.1 Å². The molecule has 1 saturated carbocycles. The van der Waals surface area contributed by atoms with E-state index in [9.17, 15) is 9.90 Å². The van der Waals surface area contributed by atoms with E-state index in [1.165, 1.54) is 13.3 Å². The molecule has 0 radical (unpaired) electrons. The number of pyridine rings is 1. The number of nitrogens with zero attached hydrogens (tertiary/aromatic N) is 2. The summed E-state index contributed by atoms with van der Waals surface area (Å²) in [6.45, 7) is 8.55. The van der Waals surface area contributed by atoms with Crippen LogP contribution in [0, 0.1) is 5.41 Å². The second-order valence-corrected chi connectivity index (χ2v) is 12.4. The normalized spacial score (nSPS) is 19.8. The summed E-state index contributed by atoms with van der Waals surface area (Å²) in [5.74, 6) is 1.59. The fourth-order valence-electron chi connectivity index (χ4n) is 5.51. The van der Waals surface area contributed by atoms with Crippen LogP contribution in [0.25, 0.3) is 0 Å². The van der Waals surface area contributed by atoms with E-state index in [-0.39, 0.29) is 29.0 Å². The van der Waals surface area contributed by atoms with Crippen molar-refractivity contribution in [2.45, 2.75) is 90.0 Å². The zero-order valence-electron chi connectivity index (χ0n) is 23.3. The first-order valence-electron chi connectivity index (χ1n) is 13.6. The summed E-state index contributed by atoms with van der Waals surface area (Å²) in [6, 6.07) is 11.8. The molecule has 1 aromatic heterocycles. The van der Waals surface area contributed by atoms with Gasteiger partial charge >= 0.3 is 0 Å². The summed E-state index contributed by atoms with van der Waals surface area (Å²) < 4.78 is 6.69. The van der Waals surface area contributed by atoms with E-state index in [1.807, 2.05) is 49.3 Å². The Balaban J connectivity index is 1.59. The molecular weight excluding hydrogens is 464 g/mol. The number of aliphatic hydroxyl groups excluding tert-OH is 1. The van der Waals surface area contributed by atoms with Gasteiger partial charge in [0.15, 0.2) is 11.6 Å². The van der Waals surface area contributed by atoms with Crippen LogP contribution in [0.4, 0.5) is 5.82 Å². The van der Waals surface area contributed by atoms with E-state index in [1.54, 1.807) is 0 Å². The molecule has 1 spiro atoms. The monoisotopic (exact) mass is 508 g/mol. The largest absolute Gasteiger partial charge is 0.483 e. The van der Waals surface area contributed by atoms with Crippen molar-refractivity contribution in [1.82, 2.24) is 15.6 Å². The highest BCUT2D eigenvalue weighted by Gasteiger charge is 2.47. The van der Waals surface area contributed by atoms with Gasteiger partial charge in [-0.2, -0.15) is 0 Å². The summed E-state index contributed by atoms with van der Waals surface area (Å²) in [7, 11) is 4.03. The van der Waals surface area contributed by atoms with E-state index in [0.29, 0.717) is 13.0 Å². The van der Waals surface area contributed by atoms with Gasteiger partial charge in [0.05, 0.1) is 12.1 Å². The van der Waals surface area contributed by atoms with Crippen molar-refractivity contribution < 1.29 is 14.6 Å². The summed E-state index contributed by atoms with van der Waals surface area (Å²) in [4.78, 5) is 19.0. The molecule has 1 fully saturated rings. The van der Waals surface area contributed by atoms with Crippen LogP contribution in [0.2, 0.25) is 0 Å². The van der Waals surface area contributed by atoms with Gasteiger partial charge in [-0.25, -0.2) is 4.98 Å². The molecule has 0 saturated heterocycles. The van der Waals surface area contributed by atoms with E-state index in [4.69, 9.17) is 9.72 Å². The van der Waals surface area contributed by atoms with Gasteiger partial charge in [0.1, 0.15) is 5.60 Å². The minimum Gasteiger partial charge on any atom is -0.483 e. The Hall–Kier alpha value is -2.64. The lowest BCUT2D eigenvalue weighted by molar-refractivity contribution is -0.120. The van der Waals surface area contributed by atoms with Gasteiger partial charge in [-0.05, 0) is 49.1 Å². The van der Waals surface area contributed by atoms with E-state index in [2.05, 4.69) is 37.5 Å². The highest BCUT2D eigenvalue weighted by molar-refractivity contribution is 5.73. The Morgan fingerprint density at radius 2 is 1.95 bits per heavy atom. The van der Waals surface area contributed by atoms with Crippen LogP contribution in [0.5, 0.6) is 5.75 Å². The number of aromatic nitrogens is 1. The molecule has 202 valence electrons. The molecule has 7 heteroatoms. The highest BCUT2D eigenvalue weighted by Crippen LogP contribution is 2.51. The molecule has 1 aromatic carbocycles. The number of ether oxygens (including phenoxy) is 1. The number of rotatable bonds is 9. The molecule has 4 rings (SSSR count). The summed E-state index contributed by atoms with van der Waals surface area (Å²) in [6.07, 6.45) is 4.79. The number of anilines is 1. The molecule has 3 atom stereocenters. The number of carbonyl (C=O) groups excluding carboxylic acids is 1. The van der Waals surface area contributed by atoms with Crippen molar-refractivity contribution in [1.29, 1.82) is 0 Å². The van der Waals surface area contributed by atoms with Crippen molar-refractivity contribution >= 4 is 11.7 Å². The van der Waals surface area contributed by atoms with Gasteiger partial charge < -0.3 is 25.4 Å². The summed E-state index contributed by atoms with van der Waals surface area (Å²) in [5, 5.41) is 17.9. The molecule has 2 aromatic rings. The summed E-state index contributed by atoms with van der Waals surface area (Å²) >= 11 is 0. The zero-order chi connectivity index (χ0) is 26.8. The smallest absolute Gasteiger partial charge is 0.217 e. The molecule has 2 heterocycles. The molecule has 1 amide bonds. The molecule has 0 bridgehead atoms. The van der Waals surface area contributed by atoms with Crippen LogP contribution in [0.15, 0.2) is 36.4 Å². The van der Waals surface area contributed by atoms with Crippen LogP contribution >= 0.6 is 0 Å². The van der Waals surface area contributed by atoms with E-state index < -0.39 is 6.10 Å². The first-order valence-corrected chi connectivity index (χ1v) is 13.6. The fourth-order valence-corrected chi connectivity index (χ4v) is 5.51. The first kappa shape index (κ1) is 27.4. The van der Waals surface area contributed by atoms with Crippen LogP contribution in [-0.2, 0) is 17.6 Å². The van der Waals surface area contributed by atoms with Gasteiger partial charge in [0, 0.05) is 51.3 Å². The number of aliphatic hydroxyl groups is 1. The predicted octanol–water partition coefficient (Wildman–Crippen LogP) is 4.18. The number of hydrogen-bond acceptors (Lipinski definition) is 6. The number of fused-ring (bicyclic) bond motifs is 1. The van der Waals surface area contributed by atoms with Gasteiger partial charge in [0.25, 0.3) is 0 Å². The quantitative estimate of drug-likeness (QED) is 0.471. The topological polar surface area (TPSA) is 86.7 Å². The maximum absolute atomic E-state index is 11.9. The first-order chi connectivity index (χ1) is 17.4. The van der Waals surface area contributed by atoms with Gasteiger partial charge in [0.2, 0.25) is 5.91 Å². The third-order valence-electron chi connectivity index (χ3n) is 7.43. The third-order valence-corrected chi connectivity index (χ3v) is 7.43. The summed E-state index contributed by atoms with van der Waals surface area (Å²) in [5.41, 5.74) is 3.18. The van der Waals surface area contributed by atoms with Gasteiger partial charge in [-0.15, -0.1) is 0 Å². The Bertz CT molecular complexity index is 1080. The molecule has 37 heavy (non-hydrogen) atoms.